The van der Waals surface area contributed by atoms with Crippen molar-refractivity contribution in [3.05, 3.63) is 29.8 Å². The molecule has 1 aromatic carbocycles. The van der Waals surface area contributed by atoms with Gasteiger partial charge in [0.15, 0.2) is 0 Å². The van der Waals surface area contributed by atoms with Crippen molar-refractivity contribution in [1.82, 2.24) is 5.32 Å². The third-order valence-electron chi connectivity index (χ3n) is 3.88. The van der Waals surface area contributed by atoms with E-state index in [1.807, 2.05) is 0 Å². The second-order valence-corrected chi connectivity index (χ2v) is 6.74. The van der Waals surface area contributed by atoms with Crippen LogP contribution >= 0.6 is 0 Å². The molecule has 1 N–H and O–H groups in total. The molecule has 0 aliphatic heterocycles. The van der Waals surface area contributed by atoms with Gasteiger partial charge in [-0.3, -0.25) is 0 Å². The number of benzene rings is 1. The molecule has 112 valence electrons. The standard InChI is InChI=1S/C18H29NO/c1-13(2)12-20-18-9-7-17(8-10-18)15(4)19-14(3)11-16-5-6-16/h7-10,13-16,19H,5-6,11-12H2,1-4H3. The van der Waals surface area contributed by atoms with Crippen LogP contribution in [0.3, 0.4) is 0 Å². The summed E-state index contributed by atoms with van der Waals surface area (Å²) in [5.41, 5.74) is 1.34. The number of hydrogen-bond donors (Lipinski definition) is 1. The molecule has 0 amide bonds. The van der Waals surface area contributed by atoms with Crippen LogP contribution in [-0.4, -0.2) is 12.6 Å². The van der Waals surface area contributed by atoms with E-state index in [4.69, 9.17) is 4.74 Å². The molecular formula is C18H29NO. The maximum atomic E-state index is 5.72. The van der Waals surface area contributed by atoms with Crippen LogP contribution in [0.25, 0.3) is 0 Å². The molecule has 0 aromatic heterocycles. The van der Waals surface area contributed by atoms with Gasteiger partial charge in [-0.1, -0.05) is 38.8 Å². The Morgan fingerprint density at radius 1 is 1.10 bits per heavy atom. The van der Waals surface area contributed by atoms with Crippen LogP contribution in [0.15, 0.2) is 24.3 Å². The summed E-state index contributed by atoms with van der Waals surface area (Å²) in [6, 6.07) is 9.54. The van der Waals surface area contributed by atoms with E-state index in [0.29, 0.717) is 18.0 Å². The van der Waals surface area contributed by atoms with Gasteiger partial charge in [0.1, 0.15) is 5.75 Å². The maximum absolute atomic E-state index is 5.72. The molecule has 2 heteroatoms. The predicted octanol–water partition coefficient (Wildman–Crippen LogP) is 4.56. The number of rotatable bonds is 8. The minimum absolute atomic E-state index is 0.405. The van der Waals surface area contributed by atoms with E-state index in [1.54, 1.807) is 0 Å². The monoisotopic (exact) mass is 275 g/mol. The van der Waals surface area contributed by atoms with Gasteiger partial charge >= 0.3 is 0 Å². The van der Waals surface area contributed by atoms with Crippen molar-refractivity contribution in [2.24, 2.45) is 11.8 Å². The second kappa shape index (κ2) is 7.12. The van der Waals surface area contributed by atoms with E-state index in [9.17, 15) is 0 Å². The normalized spacial score (nSPS) is 18.1. The van der Waals surface area contributed by atoms with E-state index in [1.165, 1.54) is 24.8 Å². The molecule has 0 bridgehead atoms. The van der Waals surface area contributed by atoms with Crippen LogP contribution in [-0.2, 0) is 0 Å². The van der Waals surface area contributed by atoms with E-state index in [2.05, 4.69) is 57.3 Å². The fourth-order valence-electron chi connectivity index (χ4n) is 2.56. The summed E-state index contributed by atoms with van der Waals surface area (Å²) in [6.07, 6.45) is 4.19. The first-order valence-corrected chi connectivity index (χ1v) is 8.03. The lowest BCUT2D eigenvalue weighted by Gasteiger charge is -2.20. The molecule has 0 radical (unpaired) electrons. The highest BCUT2D eigenvalue weighted by atomic mass is 16.5. The highest BCUT2D eigenvalue weighted by Crippen LogP contribution is 2.33. The van der Waals surface area contributed by atoms with Gasteiger partial charge in [0.2, 0.25) is 0 Å². The lowest BCUT2D eigenvalue weighted by atomic mass is 10.1. The highest BCUT2D eigenvalue weighted by Gasteiger charge is 2.24. The van der Waals surface area contributed by atoms with Gasteiger partial charge in [-0.2, -0.15) is 0 Å². The Bertz CT molecular complexity index is 394. The third kappa shape index (κ3) is 5.16. The van der Waals surface area contributed by atoms with Gasteiger partial charge in [-0.05, 0) is 49.8 Å². The van der Waals surface area contributed by atoms with Crippen LogP contribution in [0.4, 0.5) is 0 Å². The number of hydrogen-bond acceptors (Lipinski definition) is 2. The van der Waals surface area contributed by atoms with Gasteiger partial charge in [0.05, 0.1) is 6.61 Å². The summed E-state index contributed by atoms with van der Waals surface area (Å²) in [5.74, 6) is 2.52. The summed E-state index contributed by atoms with van der Waals surface area (Å²) >= 11 is 0. The topological polar surface area (TPSA) is 21.3 Å². The predicted molar refractivity (Wildman–Crippen MR) is 85.1 cm³/mol. The number of ether oxygens (including phenoxy) is 1. The van der Waals surface area contributed by atoms with Gasteiger partial charge in [0.25, 0.3) is 0 Å². The molecule has 2 nitrogen and oxygen atoms in total. The first-order chi connectivity index (χ1) is 9.54. The lowest BCUT2D eigenvalue weighted by molar-refractivity contribution is 0.271. The number of nitrogens with one attached hydrogen (secondary N) is 1. The molecule has 0 saturated heterocycles. The molecule has 0 spiro atoms. The van der Waals surface area contributed by atoms with Crippen molar-refractivity contribution in [3.8, 4) is 5.75 Å². The van der Waals surface area contributed by atoms with E-state index in [-0.39, 0.29) is 0 Å². The summed E-state index contributed by atoms with van der Waals surface area (Å²) in [5, 5.41) is 3.70. The molecule has 0 heterocycles. The van der Waals surface area contributed by atoms with Gasteiger partial charge in [-0.25, -0.2) is 0 Å². The van der Waals surface area contributed by atoms with Crippen LogP contribution < -0.4 is 10.1 Å². The molecule has 1 aromatic rings. The zero-order valence-corrected chi connectivity index (χ0v) is 13.4. The van der Waals surface area contributed by atoms with Gasteiger partial charge < -0.3 is 10.1 Å². The minimum atomic E-state index is 0.405. The van der Waals surface area contributed by atoms with Crippen molar-refractivity contribution in [1.29, 1.82) is 0 Å². The van der Waals surface area contributed by atoms with Gasteiger partial charge in [0, 0.05) is 12.1 Å². The minimum Gasteiger partial charge on any atom is -0.493 e. The molecule has 2 rings (SSSR count). The Morgan fingerprint density at radius 3 is 2.30 bits per heavy atom. The lowest BCUT2D eigenvalue weighted by Crippen LogP contribution is -2.29. The molecule has 20 heavy (non-hydrogen) atoms. The van der Waals surface area contributed by atoms with E-state index in [0.717, 1.165) is 18.3 Å². The molecule has 2 atom stereocenters. The summed E-state index contributed by atoms with van der Waals surface area (Å²) < 4.78 is 5.72. The quantitative estimate of drug-likeness (QED) is 0.751. The third-order valence-corrected chi connectivity index (χ3v) is 3.88. The molecular weight excluding hydrogens is 246 g/mol. The Morgan fingerprint density at radius 2 is 1.75 bits per heavy atom. The van der Waals surface area contributed by atoms with E-state index >= 15 is 0 Å². The Kier molecular flexibility index (Phi) is 5.47. The summed E-state index contributed by atoms with van der Waals surface area (Å²) in [6.45, 7) is 9.66. The SMILES string of the molecule is CC(C)COc1ccc(C(C)NC(C)CC2CC2)cc1. The first-order valence-electron chi connectivity index (χ1n) is 8.03. The molecule has 1 saturated carbocycles. The Labute approximate surface area is 123 Å². The Hall–Kier alpha value is -1.02. The van der Waals surface area contributed by atoms with Gasteiger partial charge in [-0.15, -0.1) is 0 Å². The highest BCUT2D eigenvalue weighted by molar-refractivity contribution is 5.29. The average Bonchev–Trinajstić information content (AvgIpc) is 3.20. The largest absolute Gasteiger partial charge is 0.493 e. The average molecular weight is 275 g/mol. The zero-order valence-electron chi connectivity index (χ0n) is 13.4. The molecule has 1 aliphatic rings. The fraction of sp³-hybridized carbons (Fsp3) is 0.667. The smallest absolute Gasteiger partial charge is 0.119 e. The Balaban J connectivity index is 1.81. The van der Waals surface area contributed by atoms with Crippen LogP contribution in [0, 0.1) is 11.8 Å². The van der Waals surface area contributed by atoms with Crippen LogP contribution in [0.1, 0.15) is 58.6 Å². The maximum Gasteiger partial charge on any atom is 0.119 e. The van der Waals surface area contributed by atoms with Crippen LogP contribution in [0.5, 0.6) is 5.75 Å². The van der Waals surface area contributed by atoms with Crippen molar-refractivity contribution >= 4 is 0 Å². The molecule has 1 aliphatic carbocycles. The van der Waals surface area contributed by atoms with Crippen molar-refractivity contribution in [2.45, 2.75) is 59.0 Å². The van der Waals surface area contributed by atoms with Crippen LogP contribution in [0.2, 0.25) is 0 Å². The molecule has 1 fully saturated rings. The van der Waals surface area contributed by atoms with Crippen molar-refractivity contribution in [2.75, 3.05) is 6.61 Å². The summed E-state index contributed by atoms with van der Waals surface area (Å²) in [4.78, 5) is 0. The summed E-state index contributed by atoms with van der Waals surface area (Å²) in [7, 11) is 0. The van der Waals surface area contributed by atoms with E-state index < -0.39 is 0 Å². The van der Waals surface area contributed by atoms with Crippen molar-refractivity contribution in [3.63, 3.8) is 0 Å². The zero-order chi connectivity index (χ0) is 14.5. The van der Waals surface area contributed by atoms with Crippen molar-refractivity contribution < 1.29 is 4.74 Å². The fourth-order valence-corrected chi connectivity index (χ4v) is 2.56. The first kappa shape index (κ1) is 15.4. The second-order valence-electron chi connectivity index (χ2n) is 6.74. The molecule has 2 unspecified atom stereocenters.